The van der Waals surface area contributed by atoms with Gasteiger partial charge in [-0.2, -0.15) is 4.37 Å². The van der Waals surface area contributed by atoms with Crippen molar-refractivity contribution < 1.29 is 13.6 Å². The molecule has 7 heteroatoms. The third-order valence-corrected chi connectivity index (χ3v) is 4.66. The molecule has 0 saturated carbocycles. The second kappa shape index (κ2) is 5.17. The van der Waals surface area contributed by atoms with Gasteiger partial charge in [-0.15, -0.1) is 0 Å². The lowest BCUT2D eigenvalue weighted by Crippen LogP contribution is -2.15. The zero-order chi connectivity index (χ0) is 15.1. The van der Waals surface area contributed by atoms with Crippen molar-refractivity contribution in [2.24, 2.45) is 0 Å². The Kier molecular flexibility index (Phi) is 3.15. The van der Waals surface area contributed by atoms with Crippen LogP contribution in [0.1, 0.15) is 23.2 Å². The third kappa shape index (κ3) is 2.27. The second-order valence-electron chi connectivity index (χ2n) is 5.28. The largest absolute Gasteiger partial charge is 0.443 e. The minimum absolute atomic E-state index is 0.0465. The van der Waals surface area contributed by atoms with Crippen LogP contribution < -0.4 is 5.32 Å². The summed E-state index contributed by atoms with van der Waals surface area (Å²) in [7, 11) is 0. The number of benzene rings is 1. The highest BCUT2D eigenvalue weighted by molar-refractivity contribution is 7.10. The summed E-state index contributed by atoms with van der Waals surface area (Å²) in [5.41, 5.74) is 3.42. The van der Waals surface area contributed by atoms with E-state index in [0.717, 1.165) is 35.5 Å². The molecule has 1 aromatic carbocycles. The van der Waals surface area contributed by atoms with Gasteiger partial charge in [-0.1, -0.05) is 0 Å². The molecule has 5 nitrogen and oxygen atoms in total. The first-order valence-corrected chi connectivity index (χ1v) is 7.77. The van der Waals surface area contributed by atoms with Gasteiger partial charge in [-0.25, -0.2) is 9.37 Å². The van der Waals surface area contributed by atoms with Crippen molar-refractivity contribution in [1.29, 1.82) is 0 Å². The predicted octanol–water partition coefficient (Wildman–Crippen LogP) is 3.09. The molecule has 0 bridgehead atoms. The zero-order valence-corrected chi connectivity index (χ0v) is 12.4. The molecule has 0 unspecified atom stereocenters. The van der Waals surface area contributed by atoms with Crippen molar-refractivity contribution in [3.8, 4) is 0 Å². The molecule has 3 aromatic rings. The fourth-order valence-electron chi connectivity index (χ4n) is 2.73. The molecule has 2 heterocycles. The Hall–Kier alpha value is -2.28. The van der Waals surface area contributed by atoms with Crippen molar-refractivity contribution in [1.82, 2.24) is 9.36 Å². The zero-order valence-electron chi connectivity index (χ0n) is 11.6. The fraction of sp³-hybridized carbons (Fsp3) is 0.267. The molecule has 0 fully saturated rings. The van der Waals surface area contributed by atoms with Crippen molar-refractivity contribution in [3.63, 3.8) is 0 Å². The minimum Gasteiger partial charge on any atom is -0.443 e. The maximum absolute atomic E-state index is 14.0. The Morgan fingerprint density at radius 2 is 2.32 bits per heavy atom. The Morgan fingerprint density at radius 1 is 1.41 bits per heavy atom. The van der Waals surface area contributed by atoms with Crippen LogP contribution in [-0.4, -0.2) is 15.3 Å². The average Bonchev–Trinajstić information content (AvgIpc) is 3.17. The topological polar surface area (TPSA) is 68.0 Å². The number of carbonyl (C=O) groups excluding carboxylic acids is 1. The number of nitrogens with zero attached hydrogens (tertiary/aromatic N) is 2. The summed E-state index contributed by atoms with van der Waals surface area (Å²) in [5, 5.41) is 3.63. The van der Waals surface area contributed by atoms with E-state index in [-0.39, 0.29) is 12.3 Å². The highest BCUT2D eigenvalue weighted by Crippen LogP contribution is 2.32. The van der Waals surface area contributed by atoms with Gasteiger partial charge in [-0.05, 0) is 36.9 Å². The van der Waals surface area contributed by atoms with E-state index in [1.807, 2.05) is 0 Å². The van der Waals surface area contributed by atoms with Crippen LogP contribution in [-0.2, 0) is 24.1 Å². The molecule has 0 atom stereocenters. The maximum atomic E-state index is 14.0. The van der Waals surface area contributed by atoms with Crippen molar-refractivity contribution in [2.75, 3.05) is 5.32 Å². The van der Waals surface area contributed by atoms with Gasteiger partial charge >= 0.3 is 0 Å². The minimum atomic E-state index is -0.453. The van der Waals surface area contributed by atoms with Gasteiger partial charge in [0.15, 0.2) is 12.0 Å². The van der Waals surface area contributed by atoms with E-state index in [1.54, 1.807) is 0 Å². The van der Waals surface area contributed by atoms with Crippen molar-refractivity contribution in [2.45, 2.75) is 25.7 Å². The predicted molar refractivity (Wildman–Crippen MR) is 80.4 cm³/mol. The van der Waals surface area contributed by atoms with E-state index >= 15 is 0 Å². The Morgan fingerprint density at radius 3 is 3.23 bits per heavy atom. The molecule has 2 aromatic heterocycles. The van der Waals surface area contributed by atoms with Crippen LogP contribution in [0.4, 0.5) is 9.39 Å². The molecule has 4 rings (SSSR count). The number of nitrogens with one attached hydrogen (secondary N) is 1. The summed E-state index contributed by atoms with van der Waals surface area (Å²) >= 11 is 1.29. The number of hydrogen-bond acceptors (Lipinski definition) is 5. The number of halogens is 1. The third-order valence-electron chi connectivity index (χ3n) is 3.81. The first-order valence-electron chi connectivity index (χ1n) is 6.99. The van der Waals surface area contributed by atoms with Gasteiger partial charge in [-0.3, -0.25) is 4.79 Å². The van der Waals surface area contributed by atoms with E-state index in [2.05, 4.69) is 14.7 Å². The monoisotopic (exact) mass is 317 g/mol. The number of hydrogen-bond donors (Lipinski definition) is 1. The molecule has 1 aliphatic rings. The lowest BCUT2D eigenvalue weighted by molar-refractivity contribution is -0.115. The molecule has 112 valence electrons. The van der Waals surface area contributed by atoms with Crippen LogP contribution in [0, 0.1) is 5.82 Å². The number of fused-ring (bicyclic) bond motifs is 2. The Balaban J connectivity index is 1.54. The fourth-order valence-corrected chi connectivity index (χ4v) is 3.62. The van der Waals surface area contributed by atoms with Gasteiger partial charge in [0.25, 0.3) is 0 Å². The van der Waals surface area contributed by atoms with Crippen LogP contribution in [0.2, 0.25) is 0 Å². The van der Waals surface area contributed by atoms with Crippen LogP contribution in [0.5, 0.6) is 0 Å². The van der Waals surface area contributed by atoms with E-state index in [1.165, 1.54) is 30.1 Å². The standard InChI is InChI=1S/C15H12FN3O2S/c16-10-6-12-13(21-7-17-12)4-8(10)5-14(20)18-15-9-2-1-3-11(9)19-22-15/h4,6-7H,1-3,5H2,(H,18,20). The molecule has 0 saturated heterocycles. The van der Waals surface area contributed by atoms with Crippen LogP contribution in [0.15, 0.2) is 22.9 Å². The van der Waals surface area contributed by atoms with Gasteiger partial charge in [0, 0.05) is 17.2 Å². The molecule has 1 aliphatic carbocycles. The maximum Gasteiger partial charge on any atom is 0.229 e. The summed E-state index contributed by atoms with van der Waals surface area (Å²) in [6, 6.07) is 2.81. The highest BCUT2D eigenvalue weighted by atomic mass is 32.1. The summed E-state index contributed by atoms with van der Waals surface area (Å²) in [5.74, 6) is -0.706. The molecule has 0 radical (unpaired) electrons. The normalized spacial score (nSPS) is 13.5. The van der Waals surface area contributed by atoms with Gasteiger partial charge < -0.3 is 9.73 Å². The van der Waals surface area contributed by atoms with Crippen molar-refractivity contribution in [3.05, 3.63) is 41.2 Å². The first kappa shape index (κ1) is 13.4. The molecule has 1 amide bonds. The average molecular weight is 317 g/mol. The molecule has 0 aliphatic heterocycles. The summed E-state index contributed by atoms with van der Waals surface area (Å²) in [6.45, 7) is 0. The smallest absolute Gasteiger partial charge is 0.229 e. The molecular weight excluding hydrogens is 305 g/mol. The van der Waals surface area contributed by atoms with E-state index in [9.17, 15) is 9.18 Å². The Labute approximate surface area is 129 Å². The number of aromatic nitrogens is 2. The second-order valence-corrected chi connectivity index (χ2v) is 6.05. The summed E-state index contributed by atoms with van der Waals surface area (Å²) in [6.07, 6.45) is 4.20. The highest BCUT2D eigenvalue weighted by Gasteiger charge is 2.20. The van der Waals surface area contributed by atoms with Crippen LogP contribution >= 0.6 is 11.5 Å². The van der Waals surface area contributed by atoms with Crippen LogP contribution in [0.25, 0.3) is 11.1 Å². The van der Waals surface area contributed by atoms with Crippen molar-refractivity contribution >= 4 is 33.5 Å². The number of anilines is 1. The van der Waals surface area contributed by atoms with E-state index < -0.39 is 5.82 Å². The van der Waals surface area contributed by atoms with Gasteiger partial charge in [0.2, 0.25) is 5.91 Å². The lowest BCUT2D eigenvalue weighted by Gasteiger charge is -2.05. The number of aryl methyl sites for hydroxylation is 1. The Bertz CT molecular complexity index is 871. The number of carbonyl (C=O) groups is 1. The molecule has 0 spiro atoms. The lowest BCUT2D eigenvalue weighted by atomic mass is 10.1. The number of amides is 1. The number of oxazole rings is 1. The van der Waals surface area contributed by atoms with Gasteiger partial charge in [0.1, 0.15) is 16.3 Å². The quantitative estimate of drug-likeness (QED) is 0.806. The van der Waals surface area contributed by atoms with Gasteiger partial charge in [0.05, 0.1) is 12.1 Å². The molecule has 1 N–H and O–H groups in total. The molecule has 22 heavy (non-hydrogen) atoms. The number of rotatable bonds is 3. The SMILES string of the molecule is O=C(Cc1cc2ocnc2cc1F)Nc1snc2c1CCC2. The first-order chi connectivity index (χ1) is 10.7. The molecular formula is C15H12FN3O2S. The summed E-state index contributed by atoms with van der Waals surface area (Å²) < 4.78 is 23.5. The van der Waals surface area contributed by atoms with E-state index in [0.29, 0.717) is 16.7 Å². The summed E-state index contributed by atoms with van der Waals surface area (Å²) in [4.78, 5) is 16.0. The van der Waals surface area contributed by atoms with E-state index in [4.69, 9.17) is 4.42 Å². The van der Waals surface area contributed by atoms with Crippen LogP contribution in [0.3, 0.4) is 0 Å².